The number of carbonyl (C=O) groups is 2. The van der Waals surface area contributed by atoms with Crippen molar-refractivity contribution in [3.05, 3.63) is 53.7 Å². The molecule has 224 valence electrons. The second-order valence-electron chi connectivity index (χ2n) is 9.82. The fourth-order valence-electron chi connectivity index (χ4n) is 4.72. The molecule has 0 aliphatic carbocycles. The summed E-state index contributed by atoms with van der Waals surface area (Å²) >= 11 is 0. The van der Waals surface area contributed by atoms with Crippen LogP contribution in [0, 0.1) is 11.8 Å². The van der Waals surface area contributed by atoms with E-state index in [0.717, 1.165) is 4.57 Å². The number of rotatable bonds is 8. The molecule has 0 spiro atoms. The Kier molecular flexibility index (Phi) is 9.59. The third-order valence-electron chi connectivity index (χ3n) is 6.76. The third kappa shape index (κ3) is 7.51. The Balaban J connectivity index is 1.56. The molecule has 1 fully saturated rings. The van der Waals surface area contributed by atoms with Crippen molar-refractivity contribution in [3.63, 3.8) is 0 Å². The number of halogens is 4. The van der Waals surface area contributed by atoms with Crippen molar-refractivity contribution in [1.82, 2.24) is 9.47 Å². The van der Waals surface area contributed by atoms with Gasteiger partial charge in [0.05, 0.1) is 48.7 Å². The molecule has 1 aromatic heterocycles. The maximum absolute atomic E-state index is 14.7. The van der Waals surface area contributed by atoms with Crippen LogP contribution in [0.4, 0.5) is 28.9 Å². The van der Waals surface area contributed by atoms with Gasteiger partial charge in [-0.2, -0.15) is 13.2 Å². The maximum atomic E-state index is 14.7. The van der Waals surface area contributed by atoms with Gasteiger partial charge in [-0.25, -0.2) is 9.18 Å². The van der Waals surface area contributed by atoms with Gasteiger partial charge in [0, 0.05) is 24.2 Å². The molecule has 1 saturated heterocycles. The number of alkyl halides is 4. The summed E-state index contributed by atoms with van der Waals surface area (Å²) in [7, 11) is 3.22. The van der Waals surface area contributed by atoms with Crippen molar-refractivity contribution in [2.75, 3.05) is 51.0 Å². The van der Waals surface area contributed by atoms with Crippen molar-refractivity contribution >= 4 is 34.2 Å². The fraction of sp³-hybridized carbons (Fsp3) is 0.379. The Hall–Kier alpha value is -4.28. The first kappa shape index (κ1) is 30.7. The number of nitrogens with one attached hydrogen (secondary N) is 2. The van der Waals surface area contributed by atoms with Crippen molar-refractivity contribution in [1.29, 1.82) is 0 Å². The molecule has 2 aromatic carbocycles. The highest BCUT2D eigenvalue weighted by atomic mass is 19.4. The topological polar surface area (TPSA) is 111 Å². The highest BCUT2D eigenvalue weighted by Gasteiger charge is 2.31. The molecule has 4 rings (SSSR count). The quantitative estimate of drug-likeness (QED) is 0.158. The van der Waals surface area contributed by atoms with Gasteiger partial charge in [-0.15, -0.1) is 0 Å². The number of piperidine rings is 1. The number of methoxy groups -OCH3 is 1. The Bertz CT molecular complexity index is 1510. The van der Waals surface area contributed by atoms with Crippen molar-refractivity contribution in [2.45, 2.75) is 31.4 Å². The summed E-state index contributed by atoms with van der Waals surface area (Å²) in [6.45, 7) is -0.674. The normalized spacial score (nSPS) is 17.3. The standard InChI is InChI=1S/C29H31F4N5O4/c1-37-12-10-23(21(30)16-37)36-22-6-3-7-25-20(22)14-19(38(25)17-29(31,32)33)5-4-11-35-24-9-8-18(13-26(24)41-2)28(40)42-27(39)15-34/h3,6-9,13-14,21,23,35-36H,10-12,15-17,34H2,1-2H3/t21-,23+/m0/s1. The number of likely N-dealkylation sites (tertiary alicyclic amines) is 1. The lowest BCUT2D eigenvalue weighted by Crippen LogP contribution is -2.46. The molecule has 2 heterocycles. The van der Waals surface area contributed by atoms with Crippen molar-refractivity contribution < 1.29 is 36.6 Å². The van der Waals surface area contributed by atoms with Gasteiger partial charge in [0.25, 0.3) is 0 Å². The van der Waals surface area contributed by atoms with E-state index in [2.05, 4.69) is 27.2 Å². The molecule has 4 N–H and O–H groups in total. The second-order valence-corrected chi connectivity index (χ2v) is 9.82. The smallest absolute Gasteiger partial charge is 0.406 e. The van der Waals surface area contributed by atoms with Gasteiger partial charge in [-0.1, -0.05) is 12.0 Å². The zero-order valence-corrected chi connectivity index (χ0v) is 23.1. The first-order valence-electron chi connectivity index (χ1n) is 13.1. The van der Waals surface area contributed by atoms with Crippen LogP contribution in [-0.2, 0) is 16.1 Å². The van der Waals surface area contributed by atoms with Gasteiger partial charge in [0.15, 0.2) is 0 Å². The van der Waals surface area contributed by atoms with Gasteiger partial charge >= 0.3 is 18.1 Å². The van der Waals surface area contributed by atoms with E-state index in [9.17, 15) is 27.2 Å². The Labute approximate surface area is 239 Å². The number of esters is 2. The van der Waals surface area contributed by atoms with Gasteiger partial charge in [-0.3, -0.25) is 4.79 Å². The number of nitrogens with two attached hydrogens (primary N) is 1. The van der Waals surface area contributed by atoms with Gasteiger partial charge in [0.1, 0.15) is 18.5 Å². The molecule has 2 atom stereocenters. The summed E-state index contributed by atoms with van der Waals surface area (Å²) in [5, 5.41) is 6.71. The van der Waals surface area contributed by atoms with Crippen LogP contribution >= 0.6 is 0 Å². The molecule has 3 aromatic rings. The average molecular weight is 590 g/mol. The van der Waals surface area contributed by atoms with E-state index in [1.165, 1.54) is 25.3 Å². The number of anilines is 2. The van der Waals surface area contributed by atoms with Gasteiger partial charge in [-0.05, 0) is 55.8 Å². The zero-order valence-electron chi connectivity index (χ0n) is 23.1. The van der Waals surface area contributed by atoms with E-state index in [1.807, 2.05) is 11.9 Å². The first-order valence-corrected chi connectivity index (χ1v) is 13.1. The van der Waals surface area contributed by atoms with Crippen LogP contribution < -0.4 is 21.1 Å². The van der Waals surface area contributed by atoms with E-state index in [0.29, 0.717) is 35.2 Å². The zero-order chi connectivity index (χ0) is 30.4. The number of hydrogen-bond acceptors (Lipinski definition) is 8. The Morgan fingerprint density at radius 1 is 1.17 bits per heavy atom. The maximum Gasteiger partial charge on any atom is 0.406 e. The Morgan fingerprint density at radius 2 is 1.95 bits per heavy atom. The highest BCUT2D eigenvalue weighted by molar-refractivity contribution is 5.98. The second kappa shape index (κ2) is 13.1. The van der Waals surface area contributed by atoms with Crippen molar-refractivity contribution in [3.8, 4) is 17.6 Å². The molecule has 9 nitrogen and oxygen atoms in total. The van der Waals surface area contributed by atoms with Crippen LogP contribution in [0.2, 0.25) is 0 Å². The molecule has 0 bridgehead atoms. The number of aromatic nitrogens is 1. The lowest BCUT2D eigenvalue weighted by atomic mass is 10.0. The lowest BCUT2D eigenvalue weighted by Gasteiger charge is -2.33. The minimum Gasteiger partial charge on any atom is -0.495 e. The number of fused-ring (bicyclic) bond motifs is 1. The van der Waals surface area contributed by atoms with Gasteiger partial charge in [0.2, 0.25) is 0 Å². The van der Waals surface area contributed by atoms with E-state index in [1.54, 1.807) is 24.3 Å². The molecule has 42 heavy (non-hydrogen) atoms. The van der Waals surface area contributed by atoms with Gasteiger partial charge < -0.3 is 35.3 Å². The first-order chi connectivity index (χ1) is 20.0. The molecular formula is C29H31F4N5O4. The fourth-order valence-corrected chi connectivity index (χ4v) is 4.72. The van der Waals surface area contributed by atoms with E-state index >= 15 is 0 Å². The Morgan fingerprint density at radius 3 is 2.64 bits per heavy atom. The van der Waals surface area contributed by atoms with Crippen LogP contribution in [-0.4, -0.2) is 80.1 Å². The predicted molar refractivity (Wildman–Crippen MR) is 150 cm³/mol. The number of carbonyl (C=O) groups excluding carboxylic acids is 2. The third-order valence-corrected chi connectivity index (χ3v) is 6.76. The van der Waals surface area contributed by atoms with Crippen molar-refractivity contribution in [2.24, 2.45) is 5.73 Å². The van der Waals surface area contributed by atoms with E-state index in [-0.39, 0.29) is 30.1 Å². The molecule has 1 aliphatic rings. The SMILES string of the molecule is COc1cc(C(=O)OC(=O)CN)ccc1NCC#Cc1cc2c(N[C@@H]3CCN(C)C[C@@H]3F)cccc2n1CC(F)(F)F. The largest absolute Gasteiger partial charge is 0.495 e. The van der Waals surface area contributed by atoms with Crippen LogP contribution in [0.1, 0.15) is 22.5 Å². The number of benzene rings is 2. The van der Waals surface area contributed by atoms with Crippen LogP contribution in [0.15, 0.2) is 42.5 Å². The highest BCUT2D eigenvalue weighted by Crippen LogP contribution is 2.32. The van der Waals surface area contributed by atoms with Crippen LogP contribution in [0.5, 0.6) is 5.75 Å². The van der Waals surface area contributed by atoms with E-state index in [4.69, 9.17) is 10.5 Å². The minimum absolute atomic E-state index is 0.0313. The molecule has 1 aliphatic heterocycles. The monoisotopic (exact) mass is 589 g/mol. The summed E-state index contributed by atoms with van der Waals surface area (Å²) < 4.78 is 66.3. The summed E-state index contributed by atoms with van der Waals surface area (Å²) in [5.41, 5.74) is 6.69. The lowest BCUT2D eigenvalue weighted by molar-refractivity contribution is -0.140. The minimum atomic E-state index is -4.49. The molecule has 0 unspecified atom stereocenters. The predicted octanol–water partition coefficient (Wildman–Crippen LogP) is 3.77. The average Bonchev–Trinajstić information content (AvgIpc) is 3.28. The number of hydrogen-bond donors (Lipinski definition) is 3. The summed E-state index contributed by atoms with van der Waals surface area (Å²) in [5.74, 6) is 4.13. The van der Waals surface area contributed by atoms with Crippen LogP contribution in [0.3, 0.4) is 0 Å². The summed E-state index contributed by atoms with van der Waals surface area (Å²) in [6.07, 6.45) is -5.05. The molecule has 0 saturated carbocycles. The summed E-state index contributed by atoms with van der Waals surface area (Å²) in [4.78, 5) is 25.3. The molecule has 0 amide bonds. The van der Waals surface area contributed by atoms with Crippen LogP contribution in [0.25, 0.3) is 10.9 Å². The molecule has 13 heteroatoms. The number of nitrogens with zero attached hydrogens (tertiary/aromatic N) is 2. The molecule has 0 radical (unpaired) electrons. The summed E-state index contributed by atoms with van der Waals surface area (Å²) in [6, 6.07) is 10.3. The molecular weight excluding hydrogens is 558 g/mol. The van der Waals surface area contributed by atoms with E-state index < -0.39 is 43.4 Å². The number of ether oxygens (including phenoxy) is 2.